The van der Waals surface area contributed by atoms with Crippen molar-refractivity contribution in [2.75, 3.05) is 18.0 Å². The highest BCUT2D eigenvalue weighted by molar-refractivity contribution is 7.80. The number of carbonyl (C=O) groups is 1. The number of hydrogen-bond donors (Lipinski definition) is 2. The molecule has 0 aliphatic heterocycles. The first-order valence-corrected chi connectivity index (χ1v) is 11.0. The van der Waals surface area contributed by atoms with E-state index in [2.05, 4.69) is 5.10 Å². The number of ether oxygens (including phenoxy) is 1. The minimum absolute atomic E-state index is 0.0904. The van der Waals surface area contributed by atoms with Crippen LogP contribution in [0.15, 0.2) is 66.9 Å². The Morgan fingerprint density at radius 3 is 2.48 bits per heavy atom. The van der Waals surface area contributed by atoms with Gasteiger partial charge in [-0.1, -0.05) is 30.3 Å². The molecule has 0 amide bonds. The zero-order valence-corrected chi connectivity index (χ0v) is 18.3. The van der Waals surface area contributed by atoms with E-state index in [9.17, 15) is 23.1 Å². The fourth-order valence-corrected chi connectivity index (χ4v) is 4.14. The fourth-order valence-electron chi connectivity index (χ4n) is 3.59. The van der Waals surface area contributed by atoms with E-state index in [0.29, 0.717) is 12.0 Å². The van der Waals surface area contributed by atoms with Crippen LogP contribution in [0.1, 0.15) is 15.9 Å². The summed E-state index contributed by atoms with van der Waals surface area (Å²) in [5.74, 6) is -1.46. The van der Waals surface area contributed by atoms with E-state index in [-0.39, 0.29) is 34.8 Å². The van der Waals surface area contributed by atoms with Crippen LogP contribution < -0.4 is 9.04 Å². The second-order valence-corrected chi connectivity index (χ2v) is 8.06. The van der Waals surface area contributed by atoms with Gasteiger partial charge in [0.05, 0.1) is 18.8 Å². The number of methoxy groups -OCH3 is 1. The van der Waals surface area contributed by atoms with Gasteiger partial charge in [0.25, 0.3) is 11.3 Å². The van der Waals surface area contributed by atoms with Crippen molar-refractivity contribution in [3.8, 4) is 17.0 Å². The summed E-state index contributed by atoms with van der Waals surface area (Å²) in [5.41, 5.74) is 1.96. The van der Waals surface area contributed by atoms with Gasteiger partial charge in [-0.15, -0.1) is 0 Å². The highest BCUT2D eigenvalue weighted by Crippen LogP contribution is 2.35. The van der Waals surface area contributed by atoms with E-state index >= 15 is 0 Å². The predicted octanol–water partition coefficient (Wildman–Crippen LogP) is 4.03. The lowest BCUT2D eigenvalue weighted by Gasteiger charge is -2.22. The smallest absolute Gasteiger partial charge is 0.340 e. The monoisotopic (exact) mass is 469 g/mol. The first-order valence-electron chi connectivity index (χ1n) is 9.91. The van der Waals surface area contributed by atoms with Gasteiger partial charge in [0, 0.05) is 18.2 Å². The quantitative estimate of drug-likeness (QED) is 0.378. The van der Waals surface area contributed by atoms with Gasteiger partial charge in [-0.05, 0) is 36.2 Å². The summed E-state index contributed by atoms with van der Waals surface area (Å²) in [5, 5.41) is 14.2. The Hall–Kier alpha value is -3.76. The molecule has 0 bridgehead atoms. The van der Waals surface area contributed by atoms with Crippen molar-refractivity contribution >= 4 is 28.4 Å². The lowest BCUT2D eigenvalue weighted by Crippen LogP contribution is -2.28. The zero-order chi connectivity index (χ0) is 23.5. The Balaban J connectivity index is 1.82. The fraction of sp³-hybridized carbons (Fsp3) is 0.130. The van der Waals surface area contributed by atoms with Crippen molar-refractivity contribution in [2.45, 2.75) is 6.42 Å². The number of rotatable bonds is 8. The molecule has 0 aliphatic carbocycles. The van der Waals surface area contributed by atoms with Crippen molar-refractivity contribution in [2.24, 2.45) is 0 Å². The van der Waals surface area contributed by atoms with Crippen LogP contribution in [0.25, 0.3) is 16.8 Å². The van der Waals surface area contributed by atoms with E-state index in [1.807, 2.05) is 30.3 Å². The Morgan fingerprint density at radius 1 is 1.18 bits per heavy atom. The van der Waals surface area contributed by atoms with Crippen LogP contribution in [0.3, 0.4) is 0 Å². The van der Waals surface area contributed by atoms with E-state index in [1.165, 1.54) is 52.5 Å². The molecule has 170 valence electrons. The largest absolute Gasteiger partial charge is 0.494 e. The molecule has 1 unspecified atom stereocenters. The van der Waals surface area contributed by atoms with Crippen molar-refractivity contribution in [3.63, 3.8) is 0 Å². The topological polar surface area (TPSA) is 104 Å². The molecule has 4 aromatic rings. The number of carboxylic acid groups (broad SMARTS) is 1. The maximum absolute atomic E-state index is 13.4. The standard InChI is InChI=1S/C23H20FN3O5S/c1-32-20-13-18-21(23(28)29)22(16-7-9-17(24)10-8-16)25-26(18)14-19(20)27(33(30)31)12-11-15-5-3-2-4-6-15/h2-10,13-14H,11-12H2,1H3,(H,28,29)(H,30,31). The summed E-state index contributed by atoms with van der Waals surface area (Å²) in [4.78, 5) is 12.1. The molecule has 0 spiro atoms. The molecule has 2 aromatic carbocycles. The maximum Gasteiger partial charge on any atom is 0.340 e. The Labute approximate surface area is 191 Å². The van der Waals surface area contributed by atoms with Crippen LogP contribution >= 0.6 is 0 Å². The number of fused-ring (bicyclic) bond motifs is 1. The van der Waals surface area contributed by atoms with Crippen molar-refractivity contribution in [1.29, 1.82) is 0 Å². The van der Waals surface area contributed by atoms with Crippen LogP contribution in [-0.4, -0.2) is 43.1 Å². The molecule has 10 heteroatoms. The third-order valence-electron chi connectivity index (χ3n) is 5.17. The zero-order valence-electron chi connectivity index (χ0n) is 17.5. The van der Waals surface area contributed by atoms with Crippen LogP contribution in [0.5, 0.6) is 5.75 Å². The minimum atomic E-state index is -2.37. The maximum atomic E-state index is 13.4. The summed E-state index contributed by atoms with van der Waals surface area (Å²) in [6.45, 7) is 0.201. The van der Waals surface area contributed by atoms with E-state index in [4.69, 9.17) is 4.74 Å². The molecule has 0 saturated heterocycles. The number of pyridine rings is 1. The van der Waals surface area contributed by atoms with Gasteiger partial charge in [0.1, 0.15) is 28.5 Å². The highest BCUT2D eigenvalue weighted by Gasteiger charge is 2.25. The average Bonchev–Trinajstić information content (AvgIpc) is 3.18. The van der Waals surface area contributed by atoms with Gasteiger partial charge in [0.15, 0.2) is 0 Å². The van der Waals surface area contributed by atoms with Crippen molar-refractivity contribution in [1.82, 2.24) is 9.61 Å². The Kier molecular flexibility index (Phi) is 6.38. The molecular weight excluding hydrogens is 449 g/mol. The van der Waals surface area contributed by atoms with Crippen LogP contribution in [0.4, 0.5) is 10.1 Å². The molecule has 1 atom stereocenters. The molecule has 33 heavy (non-hydrogen) atoms. The number of anilines is 1. The molecular formula is C23H20FN3O5S. The van der Waals surface area contributed by atoms with E-state index in [0.717, 1.165) is 5.56 Å². The van der Waals surface area contributed by atoms with Gasteiger partial charge >= 0.3 is 5.97 Å². The van der Waals surface area contributed by atoms with Gasteiger partial charge in [0.2, 0.25) is 0 Å². The van der Waals surface area contributed by atoms with Crippen molar-refractivity contribution < 1.29 is 27.8 Å². The molecule has 2 aromatic heterocycles. The number of benzene rings is 2. The number of nitrogens with zero attached hydrogens (tertiary/aromatic N) is 3. The molecule has 4 rings (SSSR count). The molecule has 2 heterocycles. The third-order valence-corrected chi connectivity index (χ3v) is 5.92. The minimum Gasteiger partial charge on any atom is -0.494 e. The molecule has 0 aliphatic rings. The van der Waals surface area contributed by atoms with Crippen LogP contribution in [-0.2, 0) is 17.7 Å². The summed E-state index contributed by atoms with van der Waals surface area (Å²) in [6, 6.07) is 16.3. The molecule has 0 fully saturated rings. The Morgan fingerprint density at radius 2 is 1.88 bits per heavy atom. The SMILES string of the molecule is COc1cc2c(C(=O)O)c(-c3ccc(F)cc3)nn2cc1N(CCc1ccccc1)S(=O)O. The molecule has 2 N–H and O–H groups in total. The number of hydrogen-bond acceptors (Lipinski definition) is 4. The van der Waals surface area contributed by atoms with Crippen LogP contribution in [0, 0.1) is 5.82 Å². The van der Waals surface area contributed by atoms with Gasteiger partial charge in [-0.25, -0.2) is 17.9 Å². The second kappa shape index (κ2) is 9.39. The Bertz CT molecular complexity index is 1330. The van der Waals surface area contributed by atoms with Gasteiger partial charge < -0.3 is 9.84 Å². The lowest BCUT2D eigenvalue weighted by molar-refractivity contribution is 0.0700. The summed E-state index contributed by atoms with van der Waals surface area (Å²) in [6.07, 6.45) is 1.95. The van der Waals surface area contributed by atoms with Gasteiger partial charge in [-0.3, -0.25) is 8.86 Å². The van der Waals surface area contributed by atoms with Gasteiger partial charge in [-0.2, -0.15) is 5.10 Å². The first-order chi connectivity index (χ1) is 15.9. The molecule has 8 nitrogen and oxygen atoms in total. The van der Waals surface area contributed by atoms with Crippen LogP contribution in [0.2, 0.25) is 0 Å². The average molecular weight is 469 g/mol. The van der Waals surface area contributed by atoms with E-state index in [1.54, 1.807) is 0 Å². The highest BCUT2D eigenvalue weighted by atomic mass is 32.2. The summed E-state index contributed by atoms with van der Waals surface area (Å²) in [7, 11) is 1.39. The molecule has 0 radical (unpaired) electrons. The van der Waals surface area contributed by atoms with E-state index < -0.39 is 23.1 Å². The third kappa shape index (κ3) is 4.57. The lowest BCUT2D eigenvalue weighted by atomic mass is 10.1. The summed E-state index contributed by atoms with van der Waals surface area (Å²) < 4.78 is 43.5. The molecule has 0 saturated carbocycles. The number of carboxylic acids is 1. The number of aromatic carboxylic acids is 1. The normalized spacial score (nSPS) is 12.0. The number of halogens is 1. The predicted molar refractivity (Wildman–Crippen MR) is 122 cm³/mol. The second-order valence-electron chi connectivity index (χ2n) is 7.16. The number of aromatic nitrogens is 2. The van der Waals surface area contributed by atoms with Crippen molar-refractivity contribution in [3.05, 3.63) is 83.8 Å². The summed E-state index contributed by atoms with van der Waals surface area (Å²) >= 11 is -2.37. The first kappa shape index (κ1) is 22.4.